The van der Waals surface area contributed by atoms with Gasteiger partial charge in [-0.15, -0.1) is 0 Å². The average Bonchev–Trinajstić information content (AvgIpc) is 2.70. The van der Waals surface area contributed by atoms with E-state index in [1.165, 1.54) is 12.8 Å². The molecule has 0 radical (unpaired) electrons. The molecule has 0 aliphatic carbocycles. The Balaban J connectivity index is 2.04. The third-order valence-corrected chi connectivity index (χ3v) is 4.73. The standard InChI is InChI=1S/C24H30O3/c1-5-7-8-17-26-21-13-11-20(12-14-21)10-9-18(3)23-15-16-24(27-25)22(6-2)19(23)4/h9-16,25H,3,5-8,17H2,1-2,4H3/b10-9+. The number of unbranched alkanes of at least 4 members (excludes halogenated alkanes) is 2. The molecular weight excluding hydrogens is 336 g/mol. The molecule has 0 bridgehead atoms. The van der Waals surface area contributed by atoms with Crippen molar-refractivity contribution in [2.24, 2.45) is 0 Å². The Kier molecular flexibility index (Phi) is 8.15. The minimum absolute atomic E-state index is 0.505. The van der Waals surface area contributed by atoms with Crippen LogP contribution in [-0.2, 0) is 6.42 Å². The maximum Gasteiger partial charge on any atom is 0.168 e. The second kappa shape index (κ2) is 10.6. The Morgan fingerprint density at radius 2 is 1.81 bits per heavy atom. The van der Waals surface area contributed by atoms with E-state index in [1.54, 1.807) is 6.07 Å². The Bertz CT molecular complexity index is 773. The molecule has 0 atom stereocenters. The van der Waals surface area contributed by atoms with Crippen LogP contribution in [0.3, 0.4) is 0 Å². The van der Waals surface area contributed by atoms with Crippen molar-refractivity contribution in [3.05, 3.63) is 71.3 Å². The number of hydrogen-bond acceptors (Lipinski definition) is 3. The van der Waals surface area contributed by atoms with Crippen LogP contribution in [-0.4, -0.2) is 11.9 Å². The fourth-order valence-corrected chi connectivity index (χ4v) is 3.11. The lowest BCUT2D eigenvalue weighted by molar-refractivity contribution is -0.138. The van der Waals surface area contributed by atoms with Crippen LogP contribution < -0.4 is 9.62 Å². The van der Waals surface area contributed by atoms with Crippen LogP contribution in [0.5, 0.6) is 11.5 Å². The summed E-state index contributed by atoms with van der Waals surface area (Å²) in [6.07, 6.45) is 8.34. The van der Waals surface area contributed by atoms with Crippen molar-refractivity contribution in [3.8, 4) is 11.5 Å². The van der Waals surface area contributed by atoms with E-state index in [-0.39, 0.29) is 0 Å². The third kappa shape index (κ3) is 5.73. The highest BCUT2D eigenvalue weighted by atomic mass is 17.1. The first-order valence-electron chi connectivity index (χ1n) is 9.64. The predicted molar refractivity (Wildman–Crippen MR) is 113 cm³/mol. The van der Waals surface area contributed by atoms with E-state index in [1.807, 2.05) is 56.3 Å². The van der Waals surface area contributed by atoms with Gasteiger partial charge in [0.15, 0.2) is 5.75 Å². The Morgan fingerprint density at radius 3 is 2.44 bits per heavy atom. The summed E-state index contributed by atoms with van der Waals surface area (Å²) in [6, 6.07) is 11.8. The van der Waals surface area contributed by atoms with Crippen molar-refractivity contribution in [1.82, 2.24) is 0 Å². The minimum atomic E-state index is 0.505. The Labute approximate surface area is 162 Å². The van der Waals surface area contributed by atoms with Gasteiger partial charge in [-0.05, 0) is 60.2 Å². The smallest absolute Gasteiger partial charge is 0.168 e. The summed E-state index contributed by atoms with van der Waals surface area (Å²) >= 11 is 0. The maximum absolute atomic E-state index is 9.01. The second-order valence-corrected chi connectivity index (χ2v) is 6.64. The van der Waals surface area contributed by atoms with Gasteiger partial charge in [-0.1, -0.05) is 63.6 Å². The molecule has 1 N–H and O–H groups in total. The van der Waals surface area contributed by atoms with Crippen LogP contribution >= 0.6 is 0 Å². The van der Waals surface area contributed by atoms with E-state index in [0.717, 1.165) is 53.0 Å². The summed E-state index contributed by atoms with van der Waals surface area (Å²) in [5.74, 6) is 1.41. The van der Waals surface area contributed by atoms with Crippen LogP contribution in [0.1, 0.15) is 55.4 Å². The summed E-state index contributed by atoms with van der Waals surface area (Å²) in [6.45, 7) is 11.2. The molecule has 0 spiro atoms. The lowest BCUT2D eigenvalue weighted by Gasteiger charge is -2.13. The van der Waals surface area contributed by atoms with Gasteiger partial charge in [0.2, 0.25) is 0 Å². The maximum atomic E-state index is 9.01. The summed E-state index contributed by atoms with van der Waals surface area (Å²) in [7, 11) is 0. The van der Waals surface area contributed by atoms with E-state index >= 15 is 0 Å². The number of allylic oxidation sites excluding steroid dienone is 2. The number of benzene rings is 2. The molecule has 0 aliphatic heterocycles. The molecule has 27 heavy (non-hydrogen) atoms. The molecule has 2 rings (SSSR count). The topological polar surface area (TPSA) is 38.7 Å². The van der Waals surface area contributed by atoms with Gasteiger partial charge in [0.1, 0.15) is 5.75 Å². The summed E-state index contributed by atoms with van der Waals surface area (Å²) in [5, 5.41) is 9.01. The number of ether oxygens (including phenoxy) is 1. The van der Waals surface area contributed by atoms with Crippen LogP contribution in [0, 0.1) is 6.92 Å². The molecule has 0 unspecified atom stereocenters. The summed E-state index contributed by atoms with van der Waals surface area (Å²) < 4.78 is 5.75. The second-order valence-electron chi connectivity index (χ2n) is 6.64. The highest BCUT2D eigenvalue weighted by Crippen LogP contribution is 2.29. The molecule has 2 aromatic rings. The largest absolute Gasteiger partial charge is 0.494 e. The number of rotatable bonds is 10. The van der Waals surface area contributed by atoms with Gasteiger partial charge < -0.3 is 9.62 Å². The van der Waals surface area contributed by atoms with Crippen LogP contribution in [0.4, 0.5) is 0 Å². The molecule has 0 aliphatic rings. The average molecular weight is 367 g/mol. The predicted octanol–water partition coefficient (Wildman–Crippen LogP) is 6.70. The Hall–Kier alpha value is -2.52. The quantitative estimate of drug-likeness (QED) is 0.220. The molecule has 0 fully saturated rings. The zero-order valence-corrected chi connectivity index (χ0v) is 16.6. The fourth-order valence-electron chi connectivity index (χ4n) is 3.11. The minimum Gasteiger partial charge on any atom is -0.494 e. The van der Waals surface area contributed by atoms with Crippen molar-refractivity contribution in [3.63, 3.8) is 0 Å². The molecular formula is C24H30O3. The van der Waals surface area contributed by atoms with E-state index < -0.39 is 0 Å². The molecule has 2 aromatic carbocycles. The Morgan fingerprint density at radius 1 is 1.07 bits per heavy atom. The van der Waals surface area contributed by atoms with Gasteiger partial charge in [-0.3, -0.25) is 0 Å². The number of hydrogen-bond donors (Lipinski definition) is 1. The highest BCUT2D eigenvalue weighted by Gasteiger charge is 2.11. The molecule has 0 aromatic heterocycles. The first-order valence-corrected chi connectivity index (χ1v) is 9.64. The van der Waals surface area contributed by atoms with E-state index in [4.69, 9.17) is 9.99 Å². The fraction of sp³-hybridized carbons (Fsp3) is 0.333. The molecule has 3 nitrogen and oxygen atoms in total. The highest BCUT2D eigenvalue weighted by molar-refractivity contribution is 5.79. The first-order chi connectivity index (χ1) is 13.1. The van der Waals surface area contributed by atoms with Gasteiger partial charge in [-0.2, -0.15) is 0 Å². The van der Waals surface area contributed by atoms with Crippen LogP contribution in [0.25, 0.3) is 11.6 Å². The van der Waals surface area contributed by atoms with Gasteiger partial charge in [0.25, 0.3) is 0 Å². The van der Waals surface area contributed by atoms with Crippen molar-refractivity contribution >= 4 is 11.6 Å². The van der Waals surface area contributed by atoms with Gasteiger partial charge in [0.05, 0.1) is 6.61 Å². The van der Waals surface area contributed by atoms with Crippen LogP contribution in [0.2, 0.25) is 0 Å². The van der Waals surface area contributed by atoms with Crippen molar-refractivity contribution < 1.29 is 14.9 Å². The zero-order chi connectivity index (χ0) is 19.6. The monoisotopic (exact) mass is 366 g/mol. The van der Waals surface area contributed by atoms with Gasteiger partial charge in [-0.25, -0.2) is 5.26 Å². The molecule has 144 valence electrons. The lowest BCUT2D eigenvalue weighted by atomic mass is 9.94. The summed E-state index contributed by atoms with van der Waals surface area (Å²) in [4.78, 5) is 4.47. The van der Waals surface area contributed by atoms with Gasteiger partial charge >= 0.3 is 0 Å². The van der Waals surface area contributed by atoms with Gasteiger partial charge in [0, 0.05) is 5.56 Å². The molecule has 0 saturated carbocycles. The van der Waals surface area contributed by atoms with Crippen molar-refractivity contribution in [1.29, 1.82) is 0 Å². The molecule has 3 heteroatoms. The van der Waals surface area contributed by atoms with Crippen molar-refractivity contribution in [2.45, 2.75) is 46.5 Å². The van der Waals surface area contributed by atoms with Crippen LogP contribution in [0.15, 0.2) is 49.1 Å². The third-order valence-electron chi connectivity index (χ3n) is 4.73. The molecule has 0 saturated heterocycles. The van der Waals surface area contributed by atoms with E-state index in [2.05, 4.69) is 18.4 Å². The normalized spacial score (nSPS) is 11.0. The molecule has 0 heterocycles. The molecule has 0 amide bonds. The zero-order valence-electron chi connectivity index (χ0n) is 16.6. The lowest BCUT2D eigenvalue weighted by Crippen LogP contribution is -1.98. The van der Waals surface area contributed by atoms with E-state index in [0.29, 0.717) is 5.75 Å². The first kappa shape index (κ1) is 20.8. The SMILES string of the molecule is C=C(/C=C/c1ccc(OCCCCC)cc1)c1ccc(OO)c(CC)c1C. The van der Waals surface area contributed by atoms with E-state index in [9.17, 15) is 0 Å². The van der Waals surface area contributed by atoms with Crippen molar-refractivity contribution in [2.75, 3.05) is 6.61 Å². The summed E-state index contributed by atoms with van der Waals surface area (Å²) in [5.41, 5.74) is 5.15.